The van der Waals surface area contributed by atoms with E-state index in [2.05, 4.69) is 0 Å². The molecular formula is C15H16O6. The van der Waals surface area contributed by atoms with Crippen LogP contribution < -0.4 is 0 Å². The zero-order chi connectivity index (χ0) is 15.0. The van der Waals surface area contributed by atoms with Gasteiger partial charge in [-0.3, -0.25) is 0 Å². The normalized spacial score (nSPS) is 44.6. The fourth-order valence-electron chi connectivity index (χ4n) is 3.69. The van der Waals surface area contributed by atoms with Crippen LogP contribution in [0.2, 0.25) is 0 Å². The number of hydrogen-bond acceptors (Lipinski definition) is 6. The summed E-state index contributed by atoms with van der Waals surface area (Å²) in [4.78, 5) is 24.0. The summed E-state index contributed by atoms with van der Waals surface area (Å²) in [6.07, 6.45) is 2.17. The van der Waals surface area contributed by atoms with Crippen LogP contribution in [0.25, 0.3) is 0 Å². The average molecular weight is 292 g/mol. The van der Waals surface area contributed by atoms with Crippen molar-refractivity contribution in [2.24, 2.45) is 0 Å². The number of carbonyl (C=O) groups excluding carboxylic acids is 2. The van der Waals surface area contributed by atoms with Crippen LogP contribution in [0.3, 0.4) is 0 Å². The van der Waals surface area contributed by atoms with Gasteiger partial charge in [0.25, 0.3) is 0 Å². The molecule has 6 nitrogen and oxygen atoms in total. The van der Waals surface area contributed by atoms with E-state index >= 15 is 0 Å². The molecular weight excluding hydrogens is 276 g/mol. The fraction of sp³-hybridized carbons (Fsp3) is 0.600. The first kappa shape index (κ1) is 13.0. The molecule has 0 radical (unpaired) electrons. The molecule has 21 heavy (non-hydrogen) atoms. The van der Waals surface area contributed by atoms with Crippen LogP contribution in [-0.2, 0) is 23.8 Å². The lowest BCUT2D eigenvalue weighted by atomic mass is 9.86. The molecule has 4 rings (SSSR count). The summed E-state index contributed by atoms with van der Waals surface area (Å²) in [7, 11) is 0. The Labute approximate surface area is 121 Å². The molecule has 0 aromatic rings. The topological polar surface area (TPSA) is 85.4 Å². The van der Waals surface area contributed by atoms with Gasteiger partial charge in [-0.2, -0.15) is 0 Å². The maximum atomic E-state index is 12.1. The predicted molar refractivity (Wildman–Crippen MR) is 68.8 cm³/mol. The second-order valence-corrected chi connectivity index (χ2v) is 6.23. The van der Waals surface area contributed by atoms with Crippen molar-refractivity contribution < 1.29 is 28.9 Å². The minimum absolute atomic E-state index is 0.180. The summed E-state index contributed by atoms with van der Waals surface area (Å²) < 4.78 is 16.2. The molecule has 0 amide bonds. The van der Waals surface area contributed by atoms with Crippen LogP contribution in [0.5, 0.6) is 0 Å². The number of allylic oxidation sites excluding steroid dienone is 1. The third kappa shape index (κ3) is 1.54. The highest BCUT2D eigenvalue weighted by Gasteiger charge is 2.75. The summed E-state index contributed by atoms with van der Waals surface area (Å²) in [5, 5.41) is 10.8. The Morgan fingerprint density at radius 2 is 2.10 bits per heavy atom. The fourth-order valence-corrected chi connectivity index (χ4v) is 3.69. The van der Waals surface area contributed by atoms with Crippen molar-refractivity contribution in [2.45, 2.75) is 56.7 Å². The van der Waals surface area contributed by atoms with Gasteiger partial charge < -0.3 is 19.3 Å². The Morgan fingerprint density at radius 3 is 2.81 bits per heavy atom. The second-order valence-electron chi connectivity index (χ2n) is 6.23. The Bertz CT molecular complexity index is 632. The average Bonchev–Trinajstić information content (AvgIpc) is 2.99. The van der Waals surface area contributed by atoms with Crippen LogP contribution in [0, 0.1) is 0 Å². The molecule has 1 aliphatic carbocycles. The summed E-state index contributed by atoms with van der Waals surface area (Å²) in [6.45, 7) is 3.45. The second kappa shape index (κ2) is 3.75. The molecule has 2 saturated heterocycles. The van der Waals surface area contributed by atoms with Crippen molar-refractivity contribution in [2.75, 3.05) is 0 Å². The predicted octanol–water partition coefficient (Wildman–Crippen LogP) is 0.742. The zero-order valence-electron chi connectivity index (χ0n) is 11.8. The van der Waals surface area contributed by atoms with Crippen molar-refractivity contribution in [1.29, 1.82) is 0 Å². The van der Waals surface area contributed by atoms with E-state index < -0.39 is 35.5 Å². The molecule has 0 spiro atoms. The molecule has 4 atom stereocenters. The van der Waals surface area contributed by atoms with Crippen molar-refractivity contribution >= 4 is 11.9 Å². The first-order chi connectivity index (χ1) is 9.87. The first-order valence-electron chi connectivity index (χ1n) is 7.09. The van der Waals surface area contributed by atoms with E-state index in [1.165, 1.54) is 0 Å². The van der Waals surface area contributed by atoms with Crippen LogP contribution in [0.1, 0.15) is 33.1 Å². The summed E-state index contributed by atoms with van der Waals surface area (Å²) in [5.41, 5.74) is 0.633. The van der Waals surface area contributed by atoms with E-state index in [9.17, 15) is 14.7 Å². The van der Waals surface area contributed by atoms with Gasteiger partial charge in [0, 0.05) is 12.0 Å². The van der Waals surface area contributed by atoms with Gasteiger partial charge in [0.05, 0.1) is 5.57 Å². The zero-order valence-corrected chi connectivity index (χ0v) is 11.8. The van der Waals surface area contributed by atoms with E-state index in [0.717, 1.165) is 5.57 Å². The molecule has 1 N–H and O–H groups in total. The third-order valence-corrected chi connectivity index (χ3v) is 4.80. The van der Waals surface area contributed by atoms with Gasteiger partial charge >= 0.3 is 11.9 Å². The highest BCUT2D eigenvalue weighted by atomic mass is 16.7. The van der Waals surface area contributed by atoms with Crippen molar-refractivity contribution in [1.82, 2.24) is 0 Å². The molecule has 4 aliphatic rings. The van der Waals surface area contributed by atoms with Crippen LogP contribution >= 0.6 is 0 Å². The van der Waals surface area contributed by atoms with Crippen molar-refractivity contribution in [3.05, 3.63) is 22.8 Å². The largest absolute Gasteiger partial charge is 0.452 e. The Hall–Kier alpha value is -1.66. The number of epoxide rings is 1. The smallest absolute Gasteiger partial charge is 0.342 e. The number of fused-ring (bicyclic) bond motifs is 2. The van der Waals surface area contributed by atoms with Crippen LogP contribution in [0.4, 0.5) is 0 Å². The van der Waals surface area contributed by atoms with E-state index in [4.69, 9.17) is 14.2 Å². The summed E-state index contributed by atoms with van der Waals surface area (Å²) >= 11 is 0. The van der Waals surface area contributed by atoms with Crippen molar-refractivity contribution in [3.63, 3.8) is 0 Å². The first-order valence-corrected chi connectivity index (χ1v) is 7.09. The van der Waals surface area contributed by atoms with Gasteiger partial charge in [0.15, 0.2) is 11.7 Å². The van der Waals surface area contributed by atoms with E-state index in [1.807, 2.05) is 13.0 Å². The molecule has 3 aliphatic heterocycles. The van der Waals surface area contributed by atoms with Gasteiger partial charge in [-0.1, -0.05) is 11.6 Å². The van der Waals surface area contributed by atoms with Gasteiger partial charge in [-0.15, -0.1) is 0 Å². The van der Waals surface area contributed by atoms with Crippen molar-refractivity contribution in [3.8, 4) is 0 Å². The Morgan fingerprint density at radius 1 is 1.33 bits per heavy atom. The maximum Gasteiger partial charge on any atom is 0.342 e. The highest BCUT2D eigenvalue weighted by molar-refractivity contribution is 5.94. The minimum atomic E-state index is -1.74. The lowest BCUT2D eigenvalue weighted by molar-refractivity contribution is -0.185. The Balaban J connectivity index is 1.86. The number of aliphatic hydroxyl groups is 1. The molecule has 2 bridgehead atoms. The maximum absolute atomic E-state index is 12.1. The molecule has 0 aromatic heterocycles. The molecule has 112 valence electrons. The molecule has 0 saturated carbocycles. The standard InChI is InChI=1S/C15H16O6/c1-7-4-3-5-14-11(20-14)10(19-13(14)17)9-8(2)12(16)21-15(9,18)6-7/h4,10-11,18H,3,5-6H2,1-2H3/t10-,11-,14-,15+/m0/s1. The van der Waals surface area contributed by atoms with Gasteiger partial charge in [-0.25, -0.2) is 9.59 Å². The van der Waals surface area contributed by atoms with E-state index in [-0.39, 0.29) is 6.42 Å². The lowest BCUT2D eigenvalue weighted by Crippen LogP contribution is -2.39. The van der Waals surface area contributed by atoms with Crippen LogP contribution in [0.15, 0.2) is 22.8 Å². The van der Waals surface area contributed by atoms with Gasteiger partial charge in [-0.05, 0) is 26.7 Å². The number of ether oxygens (including phenoxy) is 3. The number of hydrogen-bond donors (Lipinski definition) is 1. The van der Waals surface area contributed by atoms with Crippen LogP contribution in [-0.4, -0.2) is 40.6 Å². The monoisotopic (exact) mass is 292 g/mol. The molecule has 6 heteroatoms. The quantitative estimate of drug-likeness (QED) is 0.403. The van der Waals surface area contributed by atoms with Gasteiger partial charge in [0.2, 0.25) is 5.79 Å². The molecule has 3 heterocycles. The number of esters is 2. The van der Waals surface area contributed by atoms with Gasteiger partial charge in [0.1, 0.15) is 6.10 Å². The molecule has 0 unspecified atom stereocenters. The molecule has 2 fully saturated rings. The summed E-state index contributed by atoms with van der Waals surface area (Å²) in [5.74, 6) is -2.73. The Kier molecular flexibility index (Phi) is 2.33. The summed E-state index contributed by atoms with van der Waals surface area (Å²) in [6, 6.07) is 0. The third-order valence-electron chi connectivity index (χ3n) is 4.80. The number of carbonyl (C=O) groups is 2. The number of rotatable bonds is 0. The highest BCUT2D eigenvalue weighted by Crippen LogP contribution is 2.55. The SMILES string of the molecule is CC1=CCC[C@]23O[C@H]2[C@@H](OC3=O)C2=C(C)C(=O)O[C@]2(O)C1. The van der Waals surface area contributed by atoms with E-state index in [0.29, 0.717) is 24.0 Å². The molecule has 0 aromatic carbocycles. The lowest BCUT2D eigenvalue weighted by Gasteiger charge is -2.28. The van der Waals surface area contributed by atoms with E-state index in [1.54, 1.807) is 6.92 Å². The minimum Gasteiger partial charge on any atom is -0.452 e.